The Bertz CT molecular complexity index is 519. The molecule has 1 aliphatic rings. The molecule has 0 aliphatic heterocycles. The van der Waals surface area contributed by atoms with Gasteiger partial charge >= 0.3 is 0 Å². The average molecular weight is 296 g/mol. The molecule has 0 amide bonds. The van der Waals surface area contributed by atoms with Gasteiger partial charge in [-0.05, 0) is 36.8 Å². The molecule has 0 heterocycles. The van der Waals surface area contributed by atoms with Crippen LogP contribution in [0.5, 0.6) is 0 Å². The summed E-state index contributed by atoms with van der Waals surface area (Å²) in [7, 11) is -3.27. The third-order valence-electron chi connectivity index (χ3n) is 4.09. The summed E-state index contributed by atoms with van der Waals surface area (Å²) in [5.41, 5.74) is 7.34. The Balaban J connectivity index is 1.95. The maximum absolute atomic E-state index is 12.2. The van der Waals surface area contributed by atoms with Crippen LogP contribution >= 0.6 is 0 Å². The maximum Gasteiger partial charge on any atom is 0.216 e. The Morgan fingerprint density at radius 3 is 2.30 bits per heavy atom. The molecule has 1 aliphatic carbocycles. The zero-order valence-electron chi connectivity index (χ0n) is 12.0. The van der Waals surface area contributed by atoms with Crippen LogP contribution in [0.2, 0.25) is 0 Å². The van der Waals surface area contributed by atoms with Crippen LogP contribution in [0.3, 0.4) is 0 Å². The van der Waals surface area contributed by atoms with Gasteiger partial charge in [-0.3, -0.25) is 0 Å². The molecule has 1 atom stereocenters. The Morgan fingerprint density at radius 2 is 1.75 bits per heavy atom. The first kappa shape index (κ1) is 15.5. The molecule has 1 unspecified atom stereocenters. The van der Waals surface area contributed by atoms with Gasteiger partial charge < -0.3 is 5.73 Å². The molecule has 0 bridgehead atoms. The van der Waals surface area contributed by atoms with Gasteiger partial charge in [-0.1, -0.05) is 37.1 Å². The first-order chi connectivity index (χ1) is 9.50. The third kappa shape index (κ3) is 4.30. The average Bonchev–Trinajstić information content (AvgIpc) is 2.92. The van der Waals surface area contributed by atoms with E-state index >= 15 is 0 Å². The lowest BCUT2D eigenvalue weighted by Gasteiger charge is -2.20. The van der Waals surface area contributed by atoms with Crippen molar-refractivity contribution in [2.45, 2.75) is 50.9 Å². The molecule has 5 heteroatoms. The molecule has 20 heavy (non-hydrogen) atoms. The zero-order chi connectivity index (χ0) is 14.6. The molecule has 0 spiro atoms. The van der Waals surface area contributed by atoms with E-state index in [0.29, 0.717) is 12.5 Å². The van der Waals surface area contributed by atoms with Crippen LogP contribution in [0.15, 0.2) is 24.3 Å². The van der Waals surface area contributed by atoms with Crippen molar-refractivity contribution in [1.29, 1.82) is 0 Å². The van der Waals surface area contributed by atoms with Crippen molar-refractivity contribution in [3.05, 3.63) is 35.4 Å². The van der Waals surface area contributed by atoms with Crippen molar-refractivity contribution in [2.24, 2.45) is 11.7 Å². The van der Waals surface area contributed by atoms with Gasteiger partial charge in [0.1, 0.15) is 0 Å². The SMILES string of the molecule is CC(NS(=O)(=O)Cc1ccc(CN)cc1)C1CCCC1. The second kappa shape index (κ2) is 6.70. The second-order valence-corrected chi connectivity index (χ2v) is 7.48. The minimum absolute atomic E-state index is 0.0332. The molecule has 0 aromatic heterocycles. The van der Waals surface area contributed by atoms with Gasteiger partial charge in [0, 0.05) is 12.6 Å². The summed E-state index contributed by atoms with van der Waals surface area (Å²) in [6, 6.07) is 7.46. The van der Waals surface area contributed by atoms with Crippen LogP contribution < -0.4 is 10.5 Å². The molecule has 4 nitrogen and oxygen atoms in total. The highest BCUT2D eigenvalue weighted by molar-refractivity contribution is 7.88. The minimum atomic E-state index is -3.27. The van der Waals surface area contributed by atoms with E-state index in [1.54, 1.807) is 0 Å². The number of nitrogens with one attached hydrogen (secondary N) is 1. The molecule has 2 rings (SSSR count). The third-order valence-corrected chi connectivity index (χ3v) is 5.53. The maximum atomic E-state index is 12.2. The summed E-state index contributed by atoms with van der Waals surface area (Å²) in [5.74, 6) is 0.527. The van der Waals surface area contributed by atoms with Crippen LogP contribution in [0.25, 0.3) is 0 Å². The van der Waals surface area contributed by atoms with Gasteiger partial charge in [0.2, 0.25) is 10.0 Å². The van der Waals surface area contributed by atoms with E-state index in [2.05, 4.69) is 4.72 Å². The standard InChI is InChI=1S/C15H24N2O2S/c1-12(15-4-2-3-5-15)17-20(18,19)11-14-8-6-13(10-16)7-9-14/h6-9,12,15,17H,2-5,10-11,16H2,1H3. The topological polar surface area (TPSA) is 72.2 Å². The molecule has 0 saturated heterocycles. The van der Waals surface area contributed by atoms with E-state index in [-0.39, 0.29) is 11.8 Å². The van der Waals surface area contributed by atoms with Crippen LogP contribution in [-0.4, -0.2) is 14.5 Å². The van der Waals surface area contributed by atoms with E-state index in [4.69, 9.17) is 5.73 Å². The molecule has 0 radical (unpaired) electrons. The number of benzene rings is 1. The highest BCUT2D eigenvalue weighted by atomic mass is 32.2. The summed E-state index contributed by atoms with van der Waals surface area (Å²) >= 11 is 0. The minimum Gasteiger partial charge on any atom is -0.326 e. The first-order valence-electron chi connectivity index (χ1n) is 7.28. The first-order valence-corrected chi connectivity index (χ1v) is 8.93. The number of hydrogen-bond donors (Lipinski definition) is 2. The van der Waals surface area contributed by atoms with Crippen molar-refractivity contribution < 1.29 is 8.42 Å². The fourth-order valence-corrected chi connectivity index (χ4v) is 4.34. The van der Waals surface area contributed by atoms with Gasteiger partial charge in [0.15, 0.2) is 0 Å². The fraction of sp³-hybridized carbons (Fsp3) is 0.600. The van der Waals surface area contributed by atoms with Gasteiger partial charge in [-0.15, -0.1) is 0 Å². The highest BCUT2D eigenvalue weighted by Gasteiger charge is 2.25. The number of nitrogens with two attached hydrogens (primary N) is 1. The Labute approximate surface area is 121 Å². The number of rotatable bonds is 6. The molecule has 3 N–H and O–H groups in total. The molecular formula is C15H24N2O2S. The van der Waals surface area contributed by atoms with E-state index in [1.165, 1.54) is 12.8 Å². The van der Waals surface area contributed by atoms with Crippen LogP contribution in [0, 0.1) is 5.92 Å². The Morgan fingerprint density at radius 1 is 1.20 bits per heavy atom. The smallest absolute Gasteiger partial charge is 0.216 e. The predicted molar refractivity (Wildman–Crippen MR) is 81.5 cm³/mol. The Kier molecular flexibility index (Phi) is 5.18. The lowest BCUT2D eigenvalue weighted by Crippen LogP contribution is -2.37. The van der Waals surface area contributed by atoms with Gasteiger partial charge in [-0.2, -0.15) is 0 Å². The van der Waals surface area contributed by atoms with Gasteiger partial charge in [-0.25, -0.2) is 13.1 Å². The summed E-state index contributed by atoms with van der Waals surface area (Å²) in [4.78, 5) is 0. The van der Waals surface area contributed by atoms with E-state index in [0.717, 1.165) is 24.0 Å². The largest absolute Gasteiger partial charge is 0.326 e. The van der Waals surface area contributed by atoms with Crippen molar-refractivity contribution >= 4 is 10.0 Å². The number of sulfonamides is 1. The molecule has 1 fully saturated rings. The highest BCUT2D eigenvalue weighted by Crippen LogP contribution is 2.27. The van der Waals surface area contributed by atoms with Crippen LogP contribution in [-0.2, 0) is 22.3 Å². The predicted octanol–water partition coefficient (Wildman–Crippen LogP) is 2.14. The lowest BCUT2D eigenvalue weighted by atomic mass is 10.0. The summed E-state index contributed by atoms with van der Waals surface area (Å²) in [6.07, 6.45) is 4.71. The number of hydrogen-bond acceptors (Lipinski definition) is 3. The van der Waals surface area contributed by atoms with Crippen molar-refractivity contribution in [3.63, 3.8) is 0 Å². The van der Waals surface area contributed by atoms with Crippen molar-refractivity contribution in [1.82, 2.24) is 4.72 Å². The molecule has 1 saturated carbocycles. The Hall–Kier alpha value is -0.910. The van der Waals surface area contributed by atoms with Crippen LogP contribution in [0.4, 0.5) is 0 Å². The molecule has 112 valence electrons. The zero-order valence-corrected chi connectivity index (χ0v) is 12.8. The summed E-state index contributed by atoms with van der Waals surface area (Å²) in [6.45, 7) is 2.45. The quantitative estimate of drug-likeness (QED) is 0.845. The summed E-state index contributed by atoms with van der Waals surface area (Å²) in [5, 5.41) is 0. The molecule has 1 aromatic rings. The summed E-state index contributed by atoms with van der Waals surface area (Å²) < 4.78 is 27.2. The van der Waals surface area contributed by atoms with E-state index < -0.39 is 10.0 Å². The van der Waals surface area contributed by atoms with Crippen molar-refractivity contribution in [2.75, 3.05) is 0 Å². The molecular weight excluding hydrogens is 272 g/mol. The monoisotopic (exact) mass is 296 g/mol. The lowest BCUT2D eigenvalue weighted by molar-refractivity contribution is 0.424. The van der Waals surface area contributed by atoms with Crippen molar-refractivity contribution in [3.8, 4) is 0 Å². The van der Waals surface area contributed by atoms with Gasteiger partial charge in [0.25, 0.3) is 0 Å². The second-order valence-electron chi connectivity index (χ2n) is 5.73. The molecule has 1 aromatic carbocycles. The van der Waals surface area contributed by atoms with E-state index in [9.17, 15) is 8.42 Å². The normalized spacial score (nSPS) is 18.3. The van der Waals surface area contributed by atoms with Crippen LogP contribution in [0.1, 0.15) is 43.7 Å². The van der Waals surface area contributed by atoms with E-state index in [1.807, 2.05) is 31.2 Å². The van der Waals surface area contributed by atoms with Gasteiger partial charge in [0.05, 0.1) is 5.75 Å². The fourth-order valence-electron chi connectivity index (χ4n) is 2.87.